The topological polar surface area (TPSA) is 6.48 Å². The third-order valence-electron chi connectivity index (χ3n) is 1.38. The first-order valence-corrected chi connectivity index (χ1v) is 3.57. The Morgan fingerprint density at radius 2 is 1.44 bits per heavy atom. The molecule has 0 aromatic rings. The molecule has 0 amide bonds. The van der Waals surface area contributed by atoms with Gasteiger partial charge < -0.3 is 0 Å². The van der Waals surface area contributed by atoms with Gasteiger partial charge in [0.25, 0.3) is 0 Å². The molecule has 2 nitrogen and oxygen atoms in total. The van der Waals surface area contributed by atoms with Crippen molar-refractivity contribution in [2.45, 2.75) is 13.8 Å². The van der Waals surface area contributed by atoms with Gasteiger partial charge in [0.1, 0.15) is 0 Å². The van der Waals surface area contributed by atoms with Gasteiger partial charge in [0.05, 0.1) is 0 Å². The minimum Gasteiger partial charge on any atom is -0.297 e. The van der Waals surface area contributed by atoms with Gasteiger partial charge in [-0.2, -0.15) is 0 Å². The standard InChI is InChI=1S/C7H18N2/c1-5-9(6-2)7-8(3)4/h5-7H2,1-4H3. The minimum absolute atomic E-state index is 1.08. The average molecular weight is 130 g/mol. The molecule has 0 unspecified atom stereocenters. The molecule has 0 saturated carbocycles. The number of rotatable bonds is 4. The van der Waals surface area contributed by atoms with Gasteiger partial charge >= 0.3 is 0 Å². The Morgan fingerprint density at radius 1 is 1.00 bits per heavy atom. The molecule has 0 aromatic heterocycles. The highest BCUT2D eigenvalue weighted by Gasteiger charge is 1.97. The van der Waals surface area contributed by atoms with E-state index in [4.69, 9.17) is 0 Å². The maximum absolute atomic E-state index is 2.38. The molecule has 0 bridgehead atoms. The van der Waals surface area contributed by atoms with E-state index in [1.807, 2.05) is 0 Å². The van der Waals surface area contributed by atoms with Crippen molar-refractivity contribution in [3.05, 3.63) is 0 Å². The molecule has 0 heterocycles. The number of hydrogen-bond acceptors (Lipinski definition) is 2. The van der Waals surface area contributed by atoms with E-state index in [0.29, 0.717) is 0 Å². The summed E-state index contributed by atoms with van der Waals surface area (Å²) >= 11 is 0. The summed E-state index contributed by atoms with van der Waals surface area (Å²) < 4.78 is 0. The predicted molar refractivity (Wildman–Crippen MR) is 41.5 cm³/mol. The fourth-order valence-electron chi connectivity index (χ4n) is 0.824. The minimum atomic E-state index is 1.08. The lowest BCUT2D eigenvalue weighted by Crippen LogP contribution is -2.33. The van der Waals surface area contributed by atoms with E-state index < -0.39 is 0 Å². The zero-order valence-electron chi connectivity index (χ0n) is 7.02. The first kappa shape index (κ1) is 8.92. The SMILES string of the molecule is CCN(CC)CN(C)C. The first-order valence-electron chi connectivity index (χ1n) is 3.57. The van der Waals surface area contributed by atoms with E-state index in [0.717, 1.165) is 19.8 Å². The monoisotopic (exact) mass is 130 g/mol. The maximum atomic E-state index is 2.38. The predicted octanol–water partition coefficient (Wildman–Crippen LogP) is 0.847. The molecule has 0 N–H and O–H groups in total. The molecular formula is C7H18N2. The van der Waals surface area contributed by atoms with Crippen molar-refractivity contribution in [2.24, 2.45) is 0 Å². The molecule has 0 spiro atoms. The molecule has 0 aliphatic rings. The summed E-state index contributed by atoms with van der Waals surface area (Å²) in [6, 6.07) is 0. The van der Waals surface area contributed by atoms with E-state index in [9.17, 15) is 0 Å². The van der Waals surface area contributed by atoms with Crippen LogP contribution in [0.15, 0.2) is 0 Å². The molecule has 9 heavy (non-hydrogen) atoms. The zero-order chi connectivity index (χ0) is 7.28. The highest BCUT2D eigenvalue weighted by atomic mass is 15.3. The molecular weight excluding hydrogens is 112 g/mol. The molecule has 0 rings (SSSR count). The lowest BCUT2D eigenvalue weighted by atomic mass is 10.5. The van der Waals surface area contributed by atoms with Crippen molar-refractivity contribution < 1.29 is 0 Å². The number of hydrogen-bond donors (Lipinski definition) is 0. The van der Waals surface area contributed by atoms with Crippen LogP contribution in [-0.4, -0.2) is 43.7 Å². The van der Waals surface area contributed by atoms with E-state index in [2.05, 4.69) is 37.7 Å². The van der Waals surface area contributed by atoms with Crippen LogP contribution in [0.2, 0.25) is 0 Å². The Morgan fingerprint density at radius 3 is 1.56 bits per heavy atom. The van der Waals surface area contributed by atoms with Gasteiger partial charge in [-0.15, -0.1) is 0 Å². The summed E-state index contributed by atoms with van der Waals surface area (Å²) in [5, 5.41) is 0. The average Bonchev–Trinajstić information content (AvgIpc) is 1.82. The maximum Gasteiger partial charge on any atom is 0.0500 e. The van der Waals surface area contributed by atoms with Crippen LogP contribution in [-0.2, 0) is 0 Å². The van der Waals surface area contributed by atoms with E-state index in [1.165, 1.54) is 0 Å². The van der Waals surface area contributed by atoms with Crippen molar-refractivity contribution in [2.75, 3.05) is 33.9 Å². The second kappa shape index (κ2) is 4.77. The van der Waals surface area contributed by atoms with Gasteiger partial charge in [-0.3, -0.25) is 9.80 Å². The van der Waals surface area contributed by atoms with Gasteiger partial charge in [0.2, 0.25) is 0 Å². The summed E-state index contributed by atoms with van der Waals surface area (Å²) in [4.78, 5) is 4.56. The number of nitrogens with zero attached hydrogens (tertiary/aromatic N) is 2. The van der Waals surface area contributed by atoms with Gasteiger partial charge in [0, 0.05) is 6.67 Å². The third kappa shape index (κ3) is 4.43. The summed E-state index contributed by atoms with van der Waals surface area (Å²) in [5.41, 5.74) is 0. The van der Waals surface area contributed by atoms with Crippen molar-refractivity contribution in [3.8, 4) is 0 Å². The van der Waals surface area contributed by atoms with E-state index in [-0.39, 0.29) is 0 Å². The van der Waals surface area contributed by atoms with Gasteiger partial charge in [-0.05, 0) is 27.2 Å². The highest BCUT2D eigenvalue weighted by Crippen LogP contribution is 1.86. The van der Waals surface area contributed by atoms with Crippen molar-refractivity contribution in [3.63, 3.8) is 0 Å². The molecule has 2 heteroatoms. The Kier molecular flexibility index (Phi) is 4.72. The van der Waals surface area contributed by atoms with Gasteiger partial charge in [0.15, 0.2) is 0 Å². The lowest BCUT2D eigenvalue weighted by Gasteiger charge is -2.22. The van der Waals surface area contributed by atoms with Crippen molar-refractivity contribution in [1.29, 1.82) is 0 Å². The molecule has 56 valence electrons. The van der Waals surface area contributed by atoms with Crippen LogP contribution in [0.5, 0.6) is 0 Å². The highest BCUT2D eigenvalue weighted by molar-refractivity contribution is 4.47. The smallest absolute Gasteiger partial charge is 0.0500 e. The largest absolute Gasteiger partial charge is 0.297 e. The normalized spacial score (nSPS) is 11.3. The Balaban J connectivity index is 3.31. The van der Waals surface area contributed by atoms with Crippen LogP contribution in [0.4, 0.5) is 0 Å². The van der Waals surface area contributed by atoms with Crippen LogP contribution in [0.3, 0.4) is 0 Å². The quantitative estimate of drug-likeness (QED) is 0.520. The van der Waals surface area contributed by atoms with Gasteiger partial charge in [-0.25, -0.2) is 0 Å². The fraction of sp³-hybridized carbons (Fsp3) is 1.00. The van der Waals surface area contributed by atoms with E-state index in [1.54, 1.807) is 0 Å². The fourth-order valence-corrected chi connectivity index (χ4v) is 0.824. The Bertz CT molecular complexity index is 57.9. The summed E-state index contributed by atoms with van der Waals surface area (Å²) in [6.45, 7) is 7.75. The molecule has 0 saturated heterocycles. The van der Waals surface area contributed by atoms with Crippen LogP contribution in [0, 0.1) is 0 Å². The Hall–Kier alpha value is -0.0800. The van der Waals surface area contributed by atoms with Crippen LogP contribution >= 0.6 is 0 Å². The zero-order valence-corrected chi connectivity index (χ0v) is 7.02. The second-order valence-corrected chi connectivity index (χ2v) is 2.52. The molecule has 0 radical (unpaired) electrons. The summed E-state index contributed by atoms with van der Waals surface area (Å²) in [6.07, 6.45) is 0. The first-order chi connectivity index (χ1) is 4.20. The Labute approximate surface area is 58.4 Å². The van der Waals surface area contributed by atoms with Crippen molar-refractivity contribution in [1.82, 2.24) is 9.80 Å². The molecule has 0 atom stereocenters. The van der Waals surface area contributed by atoms with Crippen molar-refractivity contribution >= 4 is 0 Å². The lowest BCUT2D eigenvalue weighted by molar-refractivity contribution is 0.192. The molecule has 0 aromatic carbocycles. The second-order valence-electron chi connectivity index (χ2n) is 2.52. The summed E-state index contributed by atoms with van der Waals surface area (Å²) in [7, 11) is 4.19. The van der Waals surface area contributed by atoms with Gasteiger partial charge in [-0.1, -0.05) is 13.8 Å². The molecule has 0 aliphatic heterocycles. The van der Waals surface area contributed by atoms with E-state index >= 15 is 0 Å². The van der Waals surface area contributed by atoms with Crippen LogP contribution < -0.4 is 0 Å². The molecule has 0 aliphatic carbocycles. The van der Waals surface area contributed by atoms with Crippen LogP contribution in [0.1, 0.15) is 13.8 Å². The third-order valence-corrected chi connectivity index (χ3v) is 1.38. The molecule has 0 fully saturated rings. The van der Waals surface area contributed by atoms with Crippen LogP contribution in [0.25, 0.3) is 0 Å². The summed E-state index contributed by atoms with van der Waals surface area (Å²) in [5.74, 6) is 0.